The zero-order valence-electron chi connectivity index (χ0n) is 8.90. The van der Waals surface area contributed by atoms with Gasteiger partial charge in [0.1, 0.15) is 11.6 Å². The van der Waals surface area contributed by atoms with E-state index < -0.39 is 30.3 Å². The van der Waals surface area contributed by atoms with E-state index in [1.807, 2.05) is 0 Å². The average Bonchev–Trinajstić information content (AvgIpc) is 2.11. The lowest BCUT2D eigenvalue weighted by Gasteiger charge is -2.13. The SMILES string of the molecule is NC(CCC(F)(F)F)Cc1cc(F)cc(F)c1. The van der Waals surface area contributed by atoms with Gasteiger partial charge in [-0.15, -0.1) is 0 Å². The van der Waals surface area contributed by atoms with E-state index in [-0.39, 0.29) is 18.4 Å². The second kappa shape index (κ2) is 5.44. The minimum absolute atomic E-state index is 0.0186. The van der Waals surface area contributed by atoms with E-state index >= 15 is 0 Å². The van der Waals surface area contributed by atoms with Crippen LogP contribution < -0.4 is 5.73 Å². The maximum Gasteiger partial charge on any atom is 0.389 e. The van der Waals surface area contributed by atoms with Crippen LogP contribution in [-0.2, 0) is 6.42 Å². The van der Waals surface area contributed by atoms with E-state index in [1.165, 1.54) is 0 Å². The largest absolute Gasteiger partial charge is 0.389 e. The maximum atomic E-state index is 12.8. The lowest BCUT2D eigenvalue weighted by molar-refractivity contribution is -0.136. The molecule has 0 amide bonds. The summed E-state index contributed by atoms with van der Waals surface area (Å²) in [7, 11) is 0. The topological polar surface area (TPSA) is 26.0 Å². The molecule has 0 saturated heterocycles. The van der Waals surface area contributed by atoms with Gasteiger partial charge in [0.15, 0.2) is 0 Å². The van der Waals surface area contributed by atoms with E-state index in [4.69, 9.17) is 5.73 Å². The molecule has 96 valence electrons. The van der Waals surface area contributed by atoms with Crippen LogP contribution in [0.1, 0.15) is 18.4 Å². The van der Waals surface area contributed by atoms with Crippen molar-refractivity contribution in [2.45, 2.75) is 31.5 Å². The number of nitrogens with two attached hydrogens (primary N) is 1. The Morgan fingerprint density at radius 1 is 1.06 bits per heavy atom. The van der Waals surface area contributed by atoms with Crippen LogP contribution >= 0.6 is 0 Å². The summed E-state index contributed by atoms with van der Waals surface area (Å²) >= 11 is 0. The molecule has 0 saturated carbocycles. The molecular formula is C11H12F5N. The maximum absolute atomic E-state index is 12.8. The predicted octanol–water partition coefficient (Wildman–Crippen LogP) is 3.18. The number of alkyl halides is 3. The summed E-state index contributed by atoms with van der Waals surface area (Å²) in [6.45, 7) is 0. The number of hydrogen-bond acceptors (Lipinski definition) is 1. The molecule has 0 aliphatic rings. The standard InChI is InChI=1S/C11H12F5N/c12-8-3-7(4-9(13)6-8)5-10(17)1-2-11(14,15)16/h3-4,6,10H,1-2,5,17H2. The van der Waals surface area contributed by atoms with Crippen LogP contribution in [0.15, 0.2) is 18.2 Å². The van der Waals surface area contributed by atoms with Crippen LogP contribution in [-0.4, -0.2) is 12.2 Å². The second-order valence-electron chi connectivity index (χ2n) is 3.90. The van der Waals surface area contributed by atoms with Crippen LogP contribution in [0.5, 0.6) is 0 Å². The second-order valence-corrected chi connectivity index (χ2v) is 3.90. The first-order chi connectivity index (χ1) is 7.76. The third-order valence-corrected chi connectivity index (χ3v) is 2.22. The minimum Gasteiger partial charge on any atom is -0.327 e. The Labute approximate surface area is 95.4 Å². The van der Waals surface area contributed by atoms with Crippen molar-refractivity contribution in [3.05, 3.63) is 35.4 Å². The normalized spacial score (nSPS) is 13.8. The molecule has 0 radical (unpaired) electrons. The number of benzene rings is 1. The molecule has 0 fully saturated rings. The third-order valence-electron chi connectivity index (χ3n) is 2.22. The Morgan fingerprint density at radius 3 is 2.06 bits per heavy atom. The number of hydrogen-bond donors (Lipinski definition) is 1. The molecule has 6 heteroatoms. The Bertz CT molecular complexity index is 354. The third kappa shape index (κ3) is 5.63. The first-order valence-corrected chi connectivity index (χ1v) is 5.03. The van der Waals surface area contributed by atoms with Crippen LogP contribution in [0.25, 0.3) is 0 Å². The van der Waals surface area contributed by atoms with Crippen molar-refractivity contribution in [1.82, 2.24) is 0 Å². The minimum atomic E-state index is -4.26. The van der Waals surface area contributed by atoms with Crippen molar-refractivity contribution in [3.63, 3.8) is 0 Å². The zero-order valence-corrected chi connectivity index (χ0v) is 8.90. The van der Waals surface area contributed by atoms with Crippen LogP contribution in [0.3, 0.4) is 0 Å². The van der Waals surface area contributed by atoms with Gasteiger partial charge in [-0.05, 0) is 30.5 Å². The fourth-order valence-corrected chi connectivity index (χ4v) is 1.48. The highest BCUT2D eigenvalue weighted by Crippen LogP contribution is 2.22. The van der Waals surface area contributed by atoms with Crippen molar-refractivity contribution >= 4 is 0 Å². The molecule has 0 aliphatic heterocycles. The van der Waals surface area contributed by atoms with E-state index in [2.05, 4.69) is 0 Å². The van der Waals surface area contributed by atoms with Gasteiger partial charge in [-0.25, -0.2) is 8.78 Å². The van der Waals surface area contributed by atoms with Gasteiger partial charge in [0.2, 0.25) is 0 Å². The summed E-state index contributed by atoms with van der Waals surface area (Å²) in [5, 5.41) is 0. The van der Waals surface area contributed by atoms with Crippen LogP contribution in [0.2, 0.25) is 0 Å². The predicted molar refractivity (Wildman–Crippen MR) is 53.3 cm³/mol. The molecule has 2 N–H and O–H groups in total. The molecule has 1 atom stereocenters. The molecule has 0 aromatic heterocycles. The molecule has 1 nitrogen and oxygen atoms in total. The molecule has 17 heavy (non-hydrogen) atoms. The van der Waals surface area contributed by atoms with E-state index in [1.54, 1.807) is 0 Å². The monoisotopic (exact) mass is 253 g/mol. The number of rotatable bonds is 4. The van der Waals surface area contributed by atoms with Crippen LogP contribution in [0, 0.1) is 11.6 Å². The Kier molecular flexibility index (Phi) is 4.45. The van der Waals surface area contributed by atoms with Crippen molar-refractivity contribution in [1.29, 1.82) is 0 Å². The van der Waals surface area contributed by atoms with Gasteiger partial charge >= 0.3 is 6.18 Å². The van der Waals surface area contributed by atoms with E-state index in [9.17, 15) is 22.0 Å². The van der Waals surface area contributed by atoms with Gasteiger partial charge in [-0.2, -0.15) is 13.2 Å². The van der Waals surface area contributed by atoms with Crippen molar-refractivity contribution in [3.8, 4) is 0 Å². The Balaban J connectivity index is 2.53. The van der Waals surface area contributed by atoms with Crippen molar-refractivity contribution < 1.29 is 22.0 Å². The van der Waals surface area contributed by atoms with Gasteiger partial charge in [-0.1, -0.05) is 0 Å². The highest BCUT2D eigenvalue weighted by atomic mass is 19.4. The molecular weight excluding hydrogens is 241 g/mol. The van der Waals surface area contributed by atoms with Gasteiger partial charge in [0.05, 0.1) is 0 Å². The highest BCUT2D eigenvalue weighted by Gasteiger charge is 2.27. The van der Waals surface area contributed by atoms with Gasteiger partial charge in [-0.3, -0.25) is 0 Å². The average molecular weight is 253 g/mol. The molecule has 1 unspecified atom stereocenters. The zero-order chi connectivity index (χ0) is 13.1. The van der Waals surface area contributed by atoms with E-state index in [0.29, 0.717) is 6.07 Å². The molecule has 1 aromatic rings. The Morgan fingerprint density at radius 2 is 1.59 bits per heavy atom. The molecule has 1 aromatic carbocycles. The first kappa shape index (κ1) is 13.9. The lowest BCUT2D eigenvalue weighted by Crippen LogP contribution is -2.25. The smallest absolute Gasteiger partial charge is 0.327 e. The number of halogens is 5. The summed E-state index contributed by atoms with van der Waals surface area (Å²) in [4.78, 5) is 0. The van der Waals surface area contributed by atoms with Crippen molar-refractivity contribution in [2.75, 3.05) is 0 Å². The lowest BCUT2D eigenvalue weighted by atomic mass is 10.0. The van der Waals surface area contributed by atoms with Crippen LogP contribution in [0.4, 0.5) is 22.0 Å². The van der Waals surface area contributed by atoms with E-state index in [0.717, 1.165) is 12.1 Å². The first-order valence-electron chi connectivity index (χ1n) is 5.03. The fraction of sp³-hybridized carbons (Fsp3) is 0.455. The summed E-state index contributed by atoms with van der Waals surface area (Å²) in [6.07, 6.45) is -5.50. The molecule has 0 bridgehead atoms. The quantitative estimate of drug-likeness (QED) is 0.819. The molecule has 0 heterocycles. The summed E-state index contributed by atoms with van der Waals surface area (Å²) in [5.74, 6) is -1.52. The van der Waals surface area contributed by atoms with Gasteiger partial charge < -0.3 is 5.73 Å². The van der Waals surface area contributed by atoms with Gasteiger partial charge in [0.25, 0.3) is 0 Å². The summed E-state index contributed by atoms with van der Waals surface area (Å²) in [5.41, 5.74) is 5.73. The van der Waals surface area contributed by atoms with Crippen molar-refractivity contribution in [2.24, 2.45) is 5.73 Å². The highest BCUT2D eigenvalue weighted by molar-refractivity contribution is 5.18. The molecule has 0 aliphatic carbocycles. The summed E-state index contributed by atoms with van der Waals surface area (Å²) < 4.78 is 61.3. The summed E-state index contributed by atoms with van der Waals surface area (Å²) in [6, 6.07) is 2.07. The Hall–Kier alpha value is -1.17. The molecule has 1 rings (SSSR count). The van der Waals surface area contributed by atoms with Gasteiger partial charge in [0, 0.05) is 18.5 Å². The fourth-order valence-electron chi connectivity index (χ4n) is 1.48. The molecule has 0 spiro atoms.